The molecule has 0 aliphatic rings. The van der Waals surface area contributed by atoms with Gasteiger partial charge in [-0.2, -0.15) is 0 Å². The molecule has 0 bridgehead atoms. The molecule has 0 atom stereocenters. The number of anilines is 2. The van der Waals surface area contributed by atoms with Crippen LogP contribution in [0.5, 0.6) is 11.5 Å². The summed E-state index contributed by atoms with van der Waals surface area (Å²) < 4.78 is 10.7. The molecule has 0 saturated heterocycles. The standard InChI is InChI=1S/C18H24N4O3/c1-22(2)11-10-19-14-8-9-17(20-12-14)21-18(23)13-25-16-7-5-4-6-15(16)24-3/h4-9,12,19H,10-11,13H2,1-3H3,(H,20,21,23). The molecule has 0 aliphatic carbocycles. The van der Waals surface area contributed by atoms with Crippen molar-refractivity contribution in [3.63, 3.8) is 0 Å². The van der Waals surface area contributed by atoms with Gasteiger partial charge >= 0.3 is 0 Å². The van der Waals surface area contributed by atoms with Crippen LogP contribution in [0, 0.1) is 0 Å². The second-order valence-corrected chi connectivity index (χ2v) is 5.65. The average molecular weight is 344 g/mol. The number of hydrogen-bond acceptors (Lipinski definition) is 6. The number of carbonyl (C=O) groups is 1. The van der Waals surface area contributed by atoms with Crippen molar-refractivity contribution < 1.29 is 14.3 Å². The lowest BCUT2D eigenvalue weighted by molar-refractivity contribution is -0.118. The molecule has 7 heteroatoms. The van der Waals surface area contributed by atoms with E-state index in [1.54, 1.807) is 31.5 Å². The molecule has 0 aliphatic heterocycles. The molecule has 0 spiro atoms. The lowest BCUT2D eigenvalue weighted by atomic mass is 10.3. The number of rotatable bonds is 9. The maximum absolute atomic E-state index is 12.0. The van der Waals surface area contributed by atoms with E-state index >= 15 is 0 Å². The molecule has 0 saturated carbocycles. The summed E-state index contributed by atoms with van der Waals surface area (Å²) in [6.07, 6.45) is 1.69. The Morgan fingerprint density at radius 1 is 1.16 bits per heavy atom. The number of nitrogens with zero attached hydrogens (tertiary/aromatic N) is 2. The summed E-state index contributed by atoms with van der Waals surface area (Å²) >= 11 is 0. The van der Waals surface area contributed by atoms with Crippen LogP contribution in [0.25, 0.3) is 0 Å². The quantitative estimate of drug-likeness (QED) is 0.725. The first kappa shape index (κ1) is 18.5. The van der Waals surface area contributed by atoms with Crippen LogP contribution >= 0.6 is 0 Å². The third-order valence-corrected chi connectivity index (χ3v) is 3.35. The molecule has 1 heterocycles. The van der Waals surface area contributed by atoms with Gasteiger partial charge in [-0.05, 0) is 38.4 Å². The molecule has 0 fully saturated rings. The predicted molar refractivity (Wildman–Crippen MR) is 98.4 cm³/mol. The summed E-state index contributed by atoms with van der Waals surface area (Å²) in [7, 11) is 5.59. The number of para-hydroxylation sites is 2. The maximum Gasteiger partial charge on any atom is 0.263 e. The monoisotopic (exact) mass is 344 g/mol. The Hall–Kier alpha value is -2.80. The number of methoxy groups -OCH3 is 1. The van der Waals surface area contributed by atoms with Gasteiger partial charge in [0, 0.05) is 13.1 Å². The van der Waals surface area contributed by atoms with Gasteiger partial charge in [0.05, 0.1) is 19.0 Å². The first-order valence-corrected chi connectivity index (χ1v) is 7.99. The van der Waals surface area contributed by atoms with Crippen LogP contribution in [0.4, 0.5) is 11.5 Å². The number of hydrogen-bond donors (Lipinski definition) is 2. The normalized spacial score (nSPS) is 10.4. The fraction of sp³-hybridized carbons (Fsp3) is 0.333. The van der Waals surface area contributed by atoms with E-state index in [1.807, 2.05) is 32.3 Å². The second-order valence-electron chi connectivity index (χ2n) is 5.65. The molecule has 0 unspecified atom stereocenters. The lowest BCUT2D eigenvalue weighted by Gasteiger charge is -2.12. The molecule has 1 aromatic carbocycles. The Labute approximate surface area is 148 Å². The fourth-order valence-electron chi connectivity index (χ4n) is 2.06. The Morgan fingerprint density at radius 3 is 2.56 bits per heavy atom. The third-order valence-electron chi connectivity index (χ3n) is 3.35. The van der Waals surface area contributed by atoms with E-state index in [-0.39, 0.29) is 12.5 Å². The van der Waals surface area contributed by atoms with Crippen molar-refractivity contribution in [2.45, 2.75) is 0 Å². The van der Waals surface area contributed by atoms with E-state index in [4.69, 9.17) is 9.47 Å². The Bertz CT molecular complexity index is 674. The number of ether oxygens (including phenoxy) is 2. The summed E-state index contributed by atoms with van der Waals surface area (Å²) in [5.41, 5.74) is 0.908. The van der Waals surface area contributed by atoms with E-state index < -0.39 is 0 Å². The summed E-state index contributed by atoms with van der Waals surface area (Å²) in [4.78, 5) is 18.3. The van der Waals surface area contributed by atoms with Crippen LogP contribution in [0.1, 0.15) is 0 Å². The molecular formula is C18H24N4O3. The van der Waals surface area contributed by atoms with Gasteiger partial charge in [-0.3, -0.25) is 4.79 Å². The van der Waals surface area contributed by atoms with Crippen molar-refractivity contribution in [3.05, 3.63) is 42.6 Å². The summed E-state index contributed by atoms with van der Waals surface area (Å²) in [5, 5.41) is 5.96. The minimum Gasteiger partial charge on any atom is -0.493 e. The van der Waals surface area contributed by atoms with Crippen molar-refractivity contribution in [2.24, 2.45) is 0 Å². The van der Waals surface area contributed by atoms with Crippen LogP contribution in [-0.2, 0) is 4.79 Å². The van der Waals surface area contributed by atoms with Gasteiger partial charge in [-0.15, -0.1) is 0 Å². The van der Waals surface area contributed by atoms with Gasteiger partial charge in [-0.1, -0.05) is 12.1 Å². The van der Waals surface area contributed by atoms with Crippen molar-refractivity contribution in [1.82, 2.24) is 9.88 Å². The van der Waals surface area contributed by atoms with E-state index in [2.05, 4.69) is 20.5 Å². The van der Waals surface area contributed by atoms with Gasteiger partial charge in [0.15, 0.2) is 18.1 Å². The molecule has 1 aromatic heterocycles. The van der Waals surface area contributed by atoms with Crippen molar-refractivity contribution in [3.8, 4) is 11.5 Å². The second kappa shape index (κ2) is 9.48. The average Bonchev–Trinajstić information content (AvgIpc) is 2.61. The van der Waals surface area contributed by atoms with E-state index in [1.165, 1.54) is 0 Å². The summed E-state index contributed by atoms with van der Waals surface area (Å²) in [6, 6.07) is 10.8. The summed E-state index contributed by atoms with van der Waals surface area (Å²) in [5.74, 6) is 1.30. The number of aromatic nitrogens is 1. The topological polar surface area (TPSA) is 75.7 Å². The first-order chi connectivity index (χ1) is 12.1. The molecule has 25 heavy (non-hydrogen) atoms. The van der Waals surface area contributed by atoms with Crippen LogP contribution in [0.3, 0.4) is 0 Å². The van der Waals surface area contributed by atoms with Gasteiger partial charge in [0.2, 0.25) is 0 Å². The highest BCUT2D eigenvalue weighted by molar-refractivity contribution is 5.91. The fourth-order valence-corrected chi connectivity index (χ4v) is 2.06. The minimum atomic E-state index is -0.285. The van der Waals surface area contributed by atoms with Gasteiger partial charge < -0.3 is 25.0 Å². The number of pyridine rings is 1. The smallest absolute Gasteiger partial charge is 0.263 e. The zero-order valence-corrected chi connectivity index (χ0v) is 14.8. The SMILES string of the molecule is COc1ccccc1OCC(=O)Nc1ccc(NCCN(C)C)cn1. The predicted octanol–water partition coefficient (Wildman–Crippen LogP) is 2.08. The van der Waals surface area contributed by atoms with Gasteiger partial charge in [0.1, 0.15) is 5.82 Å². The number of nitrogens with one attached hydrogen (secondary N) is 2. The van der Waals surface area contributed by atoms with Crippen LogP contribution < -0.4 is 20.1 Å². The zero-order chi connectivity index (χ0) is 18.1. The van der Waals surface area contributed by atoms with E-state index in [0.717, 1.165) is 18.8 Å². The third kappa shape index (κ3) is 6.31. The number of likely N-dealkylation sites (N-methyl/N-ethyl adjacent to an activating group) is 1. The number of carbonyl (C=O) groups excluding carboxylic acids is 1. The Balaban J connectivity index is 1.80. The Kier molecular flexibility index (Phi) is 7.03. The highest BCUT2D eigenvalue weighted by Crippen LogP contribution is 2.25. The van der Waals surface area contributed by atoms with Gasteiger partial charge in [0.25, 0.3) is 5.91 Å². The molecule has 1 amide bonds. The van der Waals surface area contributed by atoms with Crippen LogP contribution in [0.15, 0.2) is 42.6 Å². The molecular weight excluding hydrogens is 320 g/mol. The maximum atomic E-state index is 12.0. The van der Waals surface area contributed by atoms with E-state index in [9.17, 15) is 4.79 Å². The number of benzene rings is 1. The molecule has 2 aromatic rings. The van der Waals surface area contributed by atoms with Crippen LogP contribution in [0.2, 0.25) is 0 Å². The van der Waals surface area contributed by atoms with Gasteiger partial charge in [-0.25, -0.2) is 4.98 Å². The zero-order valence-electron chi connectivity index (χ0n) is 14.8. The van der Waals surface area contributed by atoms with Crippen molar-refractivity contribution >= 4 is 17.4 Å². The largest absolute Gasteiger partial charge is 0.493 e. The van der Waals surface area contributed by atoms with Crippen molar-refractivity contribution in [1.29, 1.82) is 0 Å². The molecule has 134 valence electrons. The highest BCUT2D eigenvalue weighted by Gasteiger charge is 2.08. The minimum absolute atomic E-state index is 0.120. The number of amides is 1. The molecule has 7 nitrogen and oxygen atoms in total. The lowest BCUT2D eigenvalue weighted by Crippen LogP contribution is -2.21. The Morgan fingerprint density at radius 2 is 1.92 bits per heavy atom. The first-order valence-electron chi connectivity index (χ1n) is 7.99. The molecule has 0 radical (unpaired) electrons. The van der Waals surface area contributed by atoms with Crippen molar-refractivity contribution in [2.75, 3.05) is 51.5 Å². The van der Waals surface area contributed by atoms with Crippen LogP contribution in [-0.4, -0.2) is 56.7 Å². The molecule has 2 rings (SSSR count). The molecule has 2 N–H and O–H groups in total. The summed E-state index contributed by atoms with van der Waals surface area (Å²) in [6.45, 7) is 1.64. The van der Waals surface area contributed by atoms with E-state index in [0.29, 0.717) is 17.3 Å². The highest BCUT2D eigenvalue weighted by atomic mass is 16.5.